The molecule has 0 aliphatic rings. The molecule has 5 nitrogen and oxygen atoms in total. The summed E-state index contributed by atoms with van der Waals surface area (Å²) in [6.45, 7) is 0. The molecule has 0 bridgehead atoms. The van der Waals surface area contributed by atoms with Crippen LogP contribution in [0.15, 0.2) is 59.1 Å². The molecule has 3 N–H and O–H groups in total. The van der Waals surface area contributed by atoms with Gasteiger partial charge in [0.25, 0.3) is 0 Å². The Bertz CT molecular complexity index is 533. The van der Waals surface area contributed by atoms with Gasteiger partial charge in [-0.2, -0.15) is 0 Å². The number of oxime groups is 1. The summed E-state index contributed by atoms with van der Waals surface area (Å²) in [6.07, 6.45) is 5.42. The molecule has 98 valence electrons. The van der Waals surface area contributed by atoms with E-state index in [9.17, 15) is 0 Å². The topological polar surface area (TPSA) is 84.4 Å². The van der Waals surface area contributed by atoms with Crippen molar-refractivity contribution >= 4 is 17.6 Å². The van der Waals surface area contributed by atoms with Crippen LogP contribution in [0.25, 0.3) is 0 Å². The minimum atomic E-state index is 0.0359. The lowest BCUT2D eigenvalue weighted by Crippen LogP contribution is -2.14. The van der Waals surface area contributed by atoms with E-state index in [1.165, 1.54) is 11.8 Å². The molecule has 1 atom stereocenters. The summed E-state index contributed by atoms with van der Waals surface area (Å²) in [6, 6.07) is 9.91. The number of hydrogen-bond acceptors (Lipinski definition) is 5. The molecule has 6 heteroatoms. The van der Waals surface area contributed by atoms with E-state index in [-0.39, 0.29) is 11.1 Å². The lowest BCUT2D eigenvalue weighted by Gasteiger charge is -2.15. The van der Waals surface area contributed by atoms with Crippen LogP contribution in [0.4, 0.5) is 0 Å². The van der Waals surface area contributed by atoms with Crippen molar-refractivity contribution in [2.24, 2.45) is 10.9 Å². The predicted molar refractivity (Wildman–Crippen MR) is 75.1 cm³/mol. The standard InChI is InChI=1S/C13H14N4OS/c14-12(17-18)8-11(10-4-2-1-3-5-10)19-13-9-15-6-7-16-13/h1-7,9,11,18H,8H2,(H2,14,17). The van der Waals surface area contributed by atoms with Crippen LogP contribution in [0.2, 0.25) is 0 Å². The molecule has 2 aromatic rings. The number of nitrogens with two attached hydrogens (primary N) is 1. The second-order valence-corrected chi connectivity index (χ2v) is 5.08. The van der Waals surface area contributed by atoms with Crippen LogP contribution >= 0.6 is 11.8 Å². The lowest BCUT2D eigenvalue weighted by molar-refractivity contribution is 0.317. The maximum atomic E-state index is 8.72. The second-order valence-electron chi connectivity index (χ2n) is 3.86. The van der Waals surface area contributed by atoms with Crippen LogP contribution in [0.1, 0.15) is 17.2 Å². The van der Waals surface area contributed by atoms with Gasteiger partial charge in [-0.3, -0.25) is 4.98 Å². The van der Waals surface area contributed by atoms with Gasteiger partial charge in [-0.25, -0.2) is 4.98 Å². The number of aromatic nitrogens is 2. The zero-order valence-corrected chi connectivity index (χ0v) is 11.0. The van der Waals surface area contributed by atoms with Gasteiger partial charge in [-0.15, -0.1) is 0 Å². The molecule has 0 amide bonds. The highest BCUT2D eigenvalue weighted by Gasteiger charge is 2.16. The third-order valence-electron chi connectivity index (χ3n) is 2.50. The van der Waals surface area contributed by atoms with Crippen LogP contribution < -0.4 is 5.73 Å². The van der Waals surface area contributed by atoms with E-state index in [0.717, 1.165) is 10.6 Å². The molecule has 19 heavy (non-hydrogen) atoms. The third-order valence-corrected chi connectivity index (χ3v) is 3.67. The Morgan fingerprint density at radius 1 is 1.32 bits per heavy atom. The predicted octanol–water partition coefficient (Wildman–Crippen LogP) is 2.45. The molecule has 0 saturated heterocycles. The molecule has 1 unspecified atom stereocenters. The van der Waals surface area contributed by atoms with E-state index < -0.39 is 0 Å². The number of nitrogens with zero attached hydrogens (tertiary/aromatic N) is 3. The summed E-state index contributed by atoms with van der Waals surface area (Å²) in [7, 11) is 0. The molecule has 2 rings (SSSR count). The summed E-state index contributed by atoms with van der Waals surface area (Å²) in [5.74, 6) is 0.199. The minimum Gasteiger partial charge on any atom is -0.409 e. The van der Waals surface area contributed by atoms with Crippen molar-refractivity contribution in [2.45, 2.75) is 16.7 Å². The fourth-order valence-electron chi connectivity index (χ4n) is 1.62. The van der Waals surface area contributed by atoms with Crippen LogP contribution in [-0.4, -0.2) is 21.0 Å². The molecule has 1 aromatic heterocycles. The normalized spacial score (nSPS) is 13.2. The highest BCUT2D eigenvalue weighted by molar-refractivity contribution is 7.99. The molecule has 1 heterocycles. The fraction of sp³-hybridized carbons (Fsp3) is 0.154. The van der Waals surface area contributed by atoms with Crippen LogP contribution in [0.3, 0.4) is 0 Å². The summed E-state index contributed by atoms with van der Waals surface area (Å²) in [5, 5.41) is 12.6. The van der Waals surface area contributed by atoms with E-state index in [0.29, 0.717) is 6.42 Å². The molecule has 0 spiro atoms. The lowest BCUT2D eigenvalue weighted by atomic mass is 10.1. The first-order valence-corrected chi connectivity index (χ1v) is 6.61. The summed E-state index contributed by atoms with van der Waals surface area (Å²) in [5.41, 5.74) is 6.72. The molecule has 0 aliphatic heterocycles. The van der Waals surface area contributed by atoms with E-state index in [4.69, 9.17) is 10.9 Å². The zero-order valence-electron chi connectivity index (χ0n) is 10.2. The summed E-state index contributed by atoms with van der Waals surface area (Å²) >= 11 is 1.54. The molecule has 0 radical (unpaired) electrons. The van der Waals surface area contributed by atoms with E-state index in [2.05, 4.69) is 15.1 Å². The SMILES string of the molecule is N/C(CC(Sc1cnccn1)c1ccccc1)=N\O. The number of amidine groups is 1. The van der Waals surface area contributed by atoms with Gasteiger partial charge < -0.3 is 10.9 Å². The third kappa shape index (κ3) is 3.96. The smallest absolute Gasteiger partial charge is 0.140 e. The van der Waals surface area contributed by atoms with Gasteiger partial charge in [-0.1, -0.05) is 47.2 Å². The van der Waals surface area contributed by atoms with Crippen molar-refractivity contribution in [1.82, 2.24) is 9.97 Å². The van der Waals surface area contributed by atoms with Gasteiger partial charge in [0, 0.05) is 24.1 Å². The van der Waals surface area contributed by atoms with Gasteiger partial charge in [0.2, 0.25) is 0 Å². The molecule has 0 aliphatic carbocycles. The highest BCUT2D eigenvalue weighted by atomic mass is 32.2. The average Bonchev–Trinajstić information content (AvgIpc) is 2.48. The Morgan fingerprint density at radius 3 is 2.74 bits per heavy atom. The number of hydrogen-bond donors (Lipinski definition) is 2. The molecule has 1 aromatic carbocycles. The van der Waals surface area contributed by atoms with E-state index in [1.54, 1.807) is 18.6 Å². The molecular formula is C13H14N4OS. The van der Waals surface area contributed by atoms with Crippen LogP contribution in [-0.2, 0) is 0 Å². The fourth-order valence-corrected chi connectivity index (χ4v) is 2.70. The first-order chi connectivity index (χ1) is 9.29. The number of benzene rings is 1. The summed E-state index contributed by atoms with van der Waals surface area (Å²) in [4.78, 5) is 8.27. The number of thioether (sulfide) groups is 1. The Balaban J connectivity index is 2.20. The van der Waals surface area contributed by atoms with Crippen molar-refractivity contribution in [2.75, 3.05) is 0 Å². The molecule has 0 saturated carbocycles. The van der Waals surface area contributed by atoms with Crippen molar-refractivity contribution in [3.63, 3.8) is 0 Å². The van der Waals surface area contributed by atoms with E-state index in [1.807, 2.05) is 30.3 Å². The van der Waals surface area contributed by atoms with Crippen LogP contribution in [0.5, 0.6) is 0 Å². The first kappa shape index (κ1) is 13.4. The number of rotatable bonds is 5. The quantitative estimate of drug-likeness (QED) is 0.287. The first-order valence-electron chi connectivity index (χ1n) is 5.73. The average molecular weight is 274 g/mol. The highest BCUT2D eigenvalue weighted by Crippen LogP contribution is 2.36. The maximum Gasteiger partial charge on any atom is 0.140 e. The minimum absolute atomic E-state index is 0.0359. The van der Waals surface area contributed by atoms with Crippen LogP contribution in [0, 0.1) is 0 Å². The van der Waals surface area contributed by atoms with Gasteiger partial charge in [0.1, 0.15) is 10.9 Å². The van der Waals surface area contributed by atoms with Gasteiger partial charge in [0.15, 0.2) is 0 Å². The van der Waals surface area contributed by atoms with Gasteiger partial charge >= 0.3 is 0 Å². The van der Waals surface area contributed by atoms with Gasteiger partial charge in [-0.05, 0) is 5.56 Å². The molecule has 0 fully saturated rings. The monoisotopic (exact) mass is 274 g/mol. The van der Waals surface area contributed by atoms with Crippen molar-refractivity contribution in [3.8, 4) is 0 Å². The molecular weight excluding hydrogens is 260 g/mol. The van der Waals surface area contributed by atoms with Gasteiger partial charge in [0.05, 0.1) is 6.20 Å². The Morgan fingerprint density at radius 2 is 2.11 bits per heavy atom. The maximum absolute atomic E-state index is 8.72. The van der Waals surface area contributed by atoms with E-state index >= 15 is 0 Å². The Labute approximate surface area is 115 Å². The summed E-state index contributed by atoms with van der Waals surface area (Å²) < 4.78 is 0. The van der Waals surface area contributed by atoms with Crippen molar-refractivity contribution in [1.29, 1.82) is 0 Å². The largest absolute Gasteiger partial charge is 0.409 e. The zero-order chi connectivity index (χ0) is 13.5. The van der Waals surface area contributed by atoms with Crippen molar-refractivity contribution in [3.05, 3.63) is 54.5 Å². The van der Waals surface area contributed by atoms with Crippen molar-refractivity contribution < 1.29 is 5.21 Å². The Hall–Kier alpha value is -2.08. The Kier molecular flexibility index (Phi) is 4.74. The second kappa shape index (κ2) is 6.75.